The number of anilines is 1. The first-order valence-corrected chi connectivity index (χ1v) is 15.1. The Morgan fingerprint density at radius 2 is 1.91 bits per heavy atom. The molecule has 0 spiro atoms. The van der Waals surface area contributed by atoms with Crippen LogP contribution >= 0.6 is 11.9 Å². The number of rotatable bonds is 11. The van der Waals surface area contributed by atoms with E-state index in [1.807, 2.05) is 25.1 Å². The number of pyridine rings is 1. The number of hydrogen-bond acceptors (Lipinski definition) is 7. The van der Waals surface area contributed by atoms with Crippen LogP contribution in [0, 0.1) is 11.6 Å². The molecule has 0 saturated carbocycles. The molecule has 234 valence electrons. The van der Waals surface area contributed by atoms with Gasteiger partial charge in [0, 0.05) is 67.5 Å². The number of nitrogens with one attached hydrogen (secondary N) is 2. The average Bonchev–Trinajstić information content (AvgIpc) is 3.00. The lowest BCUT2D eigenvalue weighted by Crippen LogP contribution is -2.48. The molecule has 0 amide bonds. The van der Waals surface area contributed by atoms with E-state index in [0.717, 1.165) is 55.5 Å². The number of benzene rings is 2. The molecule has 1 saturated heterocycles. The Morgan fingerprint density at radius 1 is 1.16 bits per heavy atom. The lowest BCUT2D eigenvalue weighted by molar-refractivity contribution is -0.137. The first-order chi connectivity index (χ1) is 20.6. The number of piperazine rings is 1. The second-order valence-corrected chi connectivity index (χ2v) is 11.2. The van der Waals surface area contributed by atoms with Crippen molar-refractivity contribution < 1.29 is 26.7 Å². The molecule has 3 aromatic rings. The number of nitrogens with two attached hydrogens (primary N) is 1. The fourth-order valence-electron chi connectivity index (χ4n) is 4.82. The Bertz CT molecular complexity index is 1280. The van der Waals surface area contributed by atoms with Gasteiger partial charge in [0.1, 0.15) is 17.9 Å². The van der Waals surface area contributed by atoms with Crippen LogP contribution in [0.4, 0.5) is 27.6 Å². The third-order valence-electron chi connectivity index (χ3n) is 7.08. The maximum absolute atomic E-state index is 14.0. The van der Waals surface area contributed by atoms with Gasteiger partial charge in [0.15, 0.2) is 0 Å². The van der Waals surface area contributed by atoms with Gasteiger partial charge in [-0.05, 0) is 61.2 Å². The number of halogens is 5. The van der Waals surface area contributed by atoms with Crippen molar-refractivity contribution in [2.75, 3.05) is 37.8 Å². The molecule has 43 heavy (non-hydrogen) atoms. The van der Waals surface area contributed by atoms with Crippen molar-refractivity contribution in [3.63, 3.8) is 0 Å². The number of alkyl halides is 3. The number of carbonyl (C=O) groups is 1. The predicted molar refractivity (Wildman–Crippen MR) is 162 cm³/mol. The lowest BCUT2D eigenvalue weighted by Gasteiger charge is -2.35. The second-order valence-electron chi connectivity index (χ2n) is 10.1. The van der Waals surface area contributed by atoms with Gasteiger partial charge in [-0.25, -0.2) is 13.1 Å². The molecule has 4 N–H and O–H groups in total. The molecule has 4 rings (SSSR count). The van der Waals surface area contributed by atoms with E-state index in [-0.39, 0.29) is 11.5 Å². The first kappa shape index (κ1) is 34.4. The van der Waals surface area contributed by atoms with Gasteiger partial charge in [-0.15, -0.1) is 0 Å². The molecule has 1 fully saturated rings. The highest BCUT2D eigenvalue weighted by molar-refractivity contribution is 7.97. The summed E-state index contributed by atoms with van der Waals surface area (Å²) in [7, 11) is 1.85. The van der Waals surface area contributed by atoms with Crippen LogP contribution in [0.2, 0.25) is 0 Å². The van der Waals surface area contributed by atoms with Crippen LogP contribution in [0.1, 0.15) is 48.1 Å². The molecule has 3 atom stereocenters. The summed E-state index contributed by atoms with van der Waals surface area (Å²) in [6.07, 6.45) is -0.378. The first-order valence-electron chi connectivity index (χ1n) is 14.1. The molecular formula is C31H38F5N5OS. The topological polar surface area (TPSA) is 83.3 Å². The molecule has 6 nitrogen and oxygen atoms in total. The number of hydrogen-bond donors (Lipinski definition) is 3. The van der Waals surface area contributed by atoms with Gasteiger partial charge >= 0.3 is 6.18 Å². The summed E-state index contributed by atoms with van der Waals surface area (Å²) < 4.78 is 67.1. The Balaban J connectivity index is 0.000000236. The number of carbonyl (C=O) groups excluding carboxylic acids is 1. The molecular weight excluding hydrogens is 585 g/mol. The zero-order valence-corrected chi connectivity index (χ0v) is 25.0. The zero-order valence-electron chi connectivity index (χ0n) is 24.2. The number of aldehydes is 1. The van der Waals surface area contributed by atoms with Crippen LogP contribution in [0.25, 0.3) is 0 Å². The average molecular weight is 624 g/mol. The third kappa shape index (κ3) is 9.99. The summed E-state index contributed by atoms with van der Waals surface area (Å²) >= 11 is 1.94. The van der Waals surface area contributed by atoms with Crippen LogP contribution < -0.4 is 16.4 Å². The van der Waals surface area contributed by atoms with Gasteiger partial charge in [0.25, 0.3) is 0 Å². The predicted octanol–water partition coefficient (Wildman–Crippen LogP) is 6.03. The van der Waals surface area contributed by atoms with E-state index in [1.165, 1.54) is 36.8 Å². The minimum Gasteiger partial charge on any atom is -0.388 e. The van der Waals surface area contributed by atoms with Crippen molar-refractivity contribution in [3.05, 3.63) is 94.8 Å². The summed E-state index contributed by atoms with van der Waals surface area (Å²) in [6, 6.07) is 12.0. The number of nitrogens with zero attached hydrogens (tertiary/aromatic N) is 2. The Labute approximate surface area is 253 Å². The van der Waals surface area contributed by atoms with Gasteiger partial charge in [-0.1, -0.05) is 37.1 Å². The smallest absolute Gasteiger partial charge is 0.388 e. The van der Waals surface area contributed by atoms with Crippen molar-refractivity contribution in [3.8, 4) is 0 Å². The molecule has 1 aliphatic heterocycles. The van der Waals surface area contributed by atoms with E-state index >= 15 is 0 Å². The normalized spacial score (nSPS) is 17.0. The van der Waals surface area contributed by atoms with E-state index in [1.54, 1.807) is 12.1 Å². The van der Waals surface area contributed by atoms with Crippen molar-refractivity contribution in [1.82, 2.24) is 14.6 Å². The number of aromatic nitrogens is 1. The second kappa shape index (κ2) is 16.7. The Morgan fingerprint density at radius 3 is 2.51 bits per heavy atom. The van der Waals surface area contributed by atoms with E-state index in [0.29, 0.717) is 24.1 Å². The third-order valence-corrected chi connectivity index (χ3v) is 8.48. The summed E-state index contributed by atoms with van der Waals surface area (Å²) in [5, 5.41) is 6.55. The molecule has 1 aliphatic rings. The maximum atomic E-state index is 14.0. The Kier molecular flexibility index (Phi) is 13.4. The van der Waals surface area contributed by atoms with Crippen molar-refractivity contribution in [2.24, 2.45) is 5.73 Å². The van der Waals surface area contributed by atoms with Crippen molar-refractivity contribution in [1.29, 1.82) is 0 Å². The fraction of sp³-hybridized carbons (Fsp3) is 0.419. The van der Waals surface area contributed by atoms with Crippen molar-refractivity contribution in [2.45, 2.75) is 50.4 Å². The van der Waals surface area contributed by atoms with Gasteiger partial charge in [0.05, 0.1) is 11.6 Å². The quantitative estimate of drug-likeness (QED) is 0.137. The summed E-state index contributed by atoms with van der Waals surface area (Å²) in [4.78, 5) is 14.7. The van der Waals surface area contributed by atoms with Crippen LogP contribution in [-0.2, 0) is 17.4 Å². The molecule has 2 aromatic carbocycles. The van der Waals surface area contributed by atoms with Gasteiger partial charge in [0.2, 0.25) is 0 Å². The molecule has 0 radical (unpaired) electrons. The zero-order chi connectivity index (χ0) is 31.4. The minimum absolute atomic E-state index is 0.0987. The monoisotopic (exact) mass is 623 g/mol. The van der Waals surface area contributed by atoms with Crippen LogP contribution in [0.15, 0.2) is 60.8 Å². The van der Waals surface area contributed by atoms with E-state index in [9.17, 15) is 26.7 Å². The molecule has 2 unspecified atom stereocenters. The molecule has 1 aromatic heterocycles. The maximum Gasteiger partial charge on any atom is 0.417 e. The van der Waals surface area contributed by atoms with Crippen LogP contribution in [0.5, 0.6) is 0 Å². The van der Waals surface area contributed by atoms with Crippen LogP contribution in [0.3, 0.4) is 0 Å². The van der Waals surface area contributed by atoms with Crippen LogP contribution in [-0.4, -0.2) is 60.1 Å². The summed E-state index contributed by atoms with van der Waals surface area (Å²) in [5.41, 5.74) is 7.25. The van der Waals surface area contributed by atoms with Gasteiger partial charge in [-0.2, -0.15) is 13.2 Å². The molecule has 0 aliphatic carbocycles. The standard InChI is InChI=1S/C16H26FN3S.C15H12F4N2O/c1-3-11-21-20-10-9-19-12-13(20)7-8-14-15(17)5-4-6-16(14)18-2;16-11-4-1-9(2-5-11)14(12(20)8-22)13-6-3-10(7-21-13)15(17,18)19/h4-6,13,18-19H,3,7-12H2,1-2H3;1-8,12,14H,20H2/t13-;/m0./s1. The fourth-order valence-corrected chi connectivity index (χ4v) is 5.85. The Hall–Kier alpha value is -3.06. The SMILES string of the molecule is CCCSN1CCNC[C@@H]1CCc1c(F)cccc1NC.NC(C=O)C(c1ccc(F)cc1)c1ccc(C(F)(F)F)cn1. The molecule has 2 heterocycles. The molecule has 0 bridgehead atoms. The highest BCUT2D eigenvalue weighted by Crippen LogP contribution is 2.31. The van der Waals surface area contributed by atoms with E-state index in [2.05, 4.69) is 26.8 Å². The van der Waals surface area contributed by atoms with Gasteiger partial charge in [-0.3, -0.25) is 4.98 Å². The molecule has 12 heteroatoms. The highest BCUT2D eigenvalue weighted by atomic mass is 32.2. The lowest BCUT2D eigenvalue weighted by atomic mass is 9.89. The van der Waals surface area contributed by atoms with Crippen molar-refractivity contribution >= 4 is 23.9 Å². The summed E-state index contributed by atoms with van der Waals surface area (Å²) in [5.74, 6) is -0.154. The minimum atomic E-state index is -4.50. The highest BCUT2D eigenvalue weighted by Gasteiger charge is 2.32. The van der Waals surface area contributed by atoms with E-state index in [4.69, 9.17) is 5.73 Å². The van der Waals surface area contributed by atoms with E-state index < -0.39 is 29.5 Å². The largest absolute Gasteiger partial charge is 0.417 e. The van der Waals surface area contributed by atoms with Gasteiger partial charge < -0.3 is 21.2 Å². The summed E-state index contributed by atoms with van der Waals surface area (Å²) in [6.45, 7) is 5.34.